The van der Waals surface area contributed by atoms with Gasteiger partial charge in [0.25, 0.3) is 0 Å². The first-order chi connectivity index (χ1) is 11.7. The summed E-state index contributed by atoms with van der Waals surface area (Å²) in [4.78, 5) is 26.0. The van der Waals surface area contributed by atoms with Crippen molar-refractivity contribution in [2.24, 2.45) is 5.92 Å². The smallest absolute Gasteiger partial charge is 0.226 e. The van der Waals surface area contributed by atoms with E-state index in [0.29, 0.717) is 18.8 Å². The first-order valence-electron chi connectivity index (χ1n) is 9.06. The summed E-state index contributed by atoms with van der Waals surface area (Å²) >= 11 is 0. The molecule has 2 N–H and O–H groups in total. The van der Waals surface area contributed by atoms with Crippen molar-refractivity contribution in [1.29, 1.82) is 0 Å². The van der Waals surface area contributed by atoms with Crippen molar-refractivity contribution in [2.45, 2.75) is 39.0 Å². The highest BCUT2D eigenvalue weighted by molar-refractivity contribution is 5.94. The van der Waals surface area contributed by atoms with Crippen LogP contribution in [0.15, 0.2) is 18.2 Å². The number of amides is 2. The topological polar surface area (TPSA) is 61.4 Å². The summed E-state index contributed by atoms with van der Waals surface area (Å²) in [6, 6.07) is 5.96. The molecule has 130 valence electrons. The molecule has 0 radical (unpaired) electrons. The van der Waals surface area contributed by atoms with Gasteiger partial charge in [-0.25, -0.2) is 0 Å². The quantitative estimate of drug-likeness (QED) is 0.868. The van der Waals surface area contributed by atoms with Crippen LogP contribution in [0.25, 0.3) is 0 Å². The summed E-state index contributed by atoms with van der Waals surface area (Å²) in [7, 11) is 0. The van der Waals surface area contributed by atoms with E-state index in [1.165, 1.54) is 0 Å². The van der Waals surface area contributed by atoms with E-state index in [0.717, 1.165) is 62.3 Å². The van der Waals surface area contributed by atoms with E-state index in [4.69, 9.17) is 0 Å². The van der Waals surface area contributed by atoms with Crippen LogP contribution >= 0.6 is 0 Å². The minimum atomic E-state index is 0.0757. The number of nitrogens with one attached hydrogen (secondary N) is 2. The van der Waals surface area contributed by atoms with Crippen molar-refractivity contribution in [3.8, 4) is 0 Å². The Morgan fingerprint density at radius 1 is 1.29 bits per heavy atom. The Bertz CT molecular complexity index is 607. The standard InChI is InChI=1S/C19H27N3O2/c1-2-20-13-14-7-9-22(10-8-14)19(24)12-15-3-5-17-16(11-15)4-6-18(23)21-17/h3,5,11,14,20H,2,4,6-10,12-13H2,1H3,(H,21,23). The van der Waals surface area contributed by atoms with Crippen molar-refractivity contribution < 1.29 is 9.59 Å². The summed E-state index contributed by atoms with van der Waals surface area (Å²) in [6.07, 6.45) is 3.94. The number of aryl methyl sites for hydroxylation is 1. The van der Waals surface area contributed by atoms with Gasteiger partial charge in [0, 0.05) is 25.2 Å². The minimum Gasteiger partial charge on any atom is -0.342 e. The third-order valence-corrected chi connectivity index (χ3v) is 5.07. The van der Waals surface area contributed by atoms with Gasteiger partial charge in [-0.15, -0.1) is 0 Å². The van der Waals surface area contributed by atoms with E-state index < -0.39 is 0 Å². The van der Waals surface area contributed by atoms with Gasteiger partial charge in [-0.05, 0) is 55.5 Å². The molecular weight excluding hydrogens is 302 g/mol. The maximum atomic E-state index is 12.5. The van der Waals surface area contributed by atoms with E-state index in [2.05, 4.69) is 23.6 Å². The molecule has 2 aliphatic heterocycles. The van der Waals surface area contributed by atoms with Crippen LogP contribution in [-0.4, -0.2) is 42.9 Å². The maximum Gasteiger partial charge on any atom is 0.226 e. The maximum absolute atomic E-state index is 12.5. The molecule has 1 aromatic carbocycles. The Hall–Kier alpha value is -1.88. The highest BCUT2D eigenvalue weighted by atomic mass is 16.2. The molecular formula is C19H27N3O2. The molecule has 1 fully saturated rings. The van der Waals surface area contributed by atoms with Crippen LogP contribution in [0.3, 0.4) is 0 Å². The van der Waals surface area contributed by atoms with Gasteiger partial charge in [0.05, 0.1) is 6.42 Å². The van der Waals surface area contributed by atoms with Gasteiger partial charge >= 0.3 is 0 Å². The lowest BCUT2D eigenvalue weighted by molar-refractivity contribution is -0.131. The monoisotopic (exact) mass is 329 g/mol. The van der Waals surface area contributed by atoms with Crippen LogP contribution in [0, 0.1) is 5.92 Å². The Kier molecular flexibility index (Phi) is 5.51. The van der Waals surface area contributed by atoms with E-state index in [9.17, 15) is 9.59 Å². The average molecular weight is 329 g/mol. The van der Waals surface area contributed by atoms with Gasteiger partial charge < -0.3 is 15.5 Å². The van der Waals surface area contributed by atoms with Gasteiger partial charge in [0.2, 0.25) is 11.8 Å². The molecule has 0 aliphatic carbocycles. The Balaban J connectivity index is 1.53. The molecule has 3 rings (SSSR count). The minimum absolute atomic E-state index is 0.0757. The van der Waals surface area contributed by atoms with Gasteiger partial charge in [0.1, 0.15) is 0 Å². The molecule has 5 heteroatoms. The number of piperidine rings is 1. The van der Waals surface area contributed by atoms with Crippen LogP contribution in [0.2, 0.25) is 0 Å². The third-order valence-electron chi connectivity index (χ3n) is 5.07. The molecule has 2 amide bonds. The molecule has 0 unspecified atom stereocenters. The largest absolute Gasteiger partial charge is 0.342 e. The van der Waals surface area contributed by atoms with Crippen LogP contribution in [0.1, 0.15) is 37.3 Å². The molecule has 5 nitrogen and oxygen atoms in total. The normalized spacial score (nSPS) is 18.2. The Morgan fingerprint density at radius 2 is 2.08 bits per heavy atom. The number of carbonyl (C=O) groups excluding carboxylic acids is 2. The number of carbonyl (C=O) groups is 2. The summed E-state index contributed by atoms with van der Waals surface area (Å²) in [5.74, 6) is 0.991. The fraction of sp³-hybridized carbons (Fsp3) is 0.579. The fourth-order valence-electron chi connectivity index (χ4n) is 3.57. The summed E-state index contributed by atoms with van der Waals surface area (Å²) in [6.45, 7) is 5.95. The number of likely N-dealkylation sites (tertiary alicyclic amines) is 1. The number of anilines is 1. The van der Waals surface area contributed by atoms with Crippen LogP contribution in [0.4, 0.5) is 5.69 Å². The molecule has 0 spiro atoms. The summed E-state index contributed by atoms with van der Waals surface area (Å²) in [5.41, 5.74) is 3.08. The van der Waals surface area contributed by atoms with E-state index in [1.807, 2.05) is 17.0 Å². The molecule has 1 saturated heterocycles. The van der Waals surface area contributed by atoms with Crippen LogP contribution < -0.4 is 10.6 Å². The lowest BCUT2D eigenvalue weighted by atomic mass is 9.95. The van der Waals surface area contributed by atoms with Crippen molar-refractivity contribution in [1.82, 2.24) is 10.2 Å². The molecule has 0 aromatic heterocycles. The molecule has 2 aliphatic rings. The summed E-state index contributed by atoms with van der Waals surface area (Å²) in [5, 5.41) is 6.29. The average Bonchev–Trinajstić information content (AvgIpc) is 2.60. The second kappa shape index (κ2) is 7.79. The number of nitrogens with zero attached hydrogens (tertiary/aromatic N) is 1. The molecule has 0 bridgehead atoms. The molecule has 0 saturated carbocycles. The first-order valence-corrected chi connectivity index (χ1v) is 9.06. The van der Waals surface area contributed by atoms with Gasteiger partial charge in [-0.2, -0.15) is 0 Å². The molecule has 24 heavy (non-hydrogen) atoms. The van der Waals surface area contributed by atoms with Crippen molar-refractivity contribution in [2.75, 3.05) is 31.5 Å². The highest BCUT2D eigenvalue weighted by Crippen LogP contribution is 2.24. The van der Waals surface area contributed by atoms with Crippen molar-refractivity contribution >= 4 is 17.5 Å². The Labute approximate surface area is 143 Å². The second-order valence-corrected chi connectivity index (χ2v) is 6.85. The lowest BCUT2D eigenvalue weighted by Crippen LogP contribution is -2.41. The van der Waals surface area contributed by atoms with E-state index >= 15 is 0 Å². The predicted molar refractivity (Wildman–Crippen MR) is 94.9 cm³/mol. The van der Waals surface area contributed by atoms with E-state index in [-0.39, 0.29) is 11.8 Å². The fourth-order valence-corrected chi connectivity index (χ4v) is 3.57. The van der Waals surface area contributed by atoms with Gasteiger partial charge in [-0.1, -0.05) is 19.1 Å². The third kappa shape index (κ3) is 4.15. The van der Waals surface area contributed by atoms with Crippen molar-refractivity contribution in [3.05, 3.63) is 29.3 Å². The number of fused-ring (bicyclic) bond motifs is 1. The van der Waals surface area contributed by atoms with Crippen molar-refractivity contribution in [3.63, 3.8) is 0 Å². The zero-order valence-electron chi connectivity index (χ0n) is 14.4. The van der Waals surface area contributed by atoms with Gasteiger partial charge in [0.15, 0.2) is 0 Å². The van der Waals surface area contributed by atoms with Gasteiger partial charge in [-0.3, -0.25) is 9.59 Å². The number of hydrogen-bond acceptors (Lipinski definition) is 3. The number of benzene rings is 1. The first kappa shape index (κ1) is 17.0. The zero-order valence-corrected chi connectivity index (χ0v) is 14.4. The highest BCUT2D eigenvalue weighted by Gasteiger charge is 2.23. The van der Waals surface area contributed by atoms with E-state index in [1.54, 1.807) is 0 Å². The Morgan fingerprint density at radius 3 is 2.83 bits per heavy atom. The lowest BCUT2D eigenvalue weighted by Gasteiger charge is -2.32. The molecule has 2 heterocycles. The zero-order chi connectivity index (χ0) is 16.9. The second-order valence-electron chi connectivity index (χ2n) is 6.85. The van der Waals surface area contributed by atoms with Crippen LogP contribution in [0.5, 0.6) is 0 Å². The summed E-state index contributed by atoms with van der Waals surface area (Å²) < 4.78 is 0. The molecule has 0 atom stereocenters. The van der Waals surface area contributed by atoms with Crippen LogP contribution in [-0.2, 0) is 22.4 Å². The SMILES string of the molecule is CCNCC1CCN(C(=O)Cc2ccc3c(c2)CCC(=O)N3)CC1. The number of rotatable bonds is 5. The number of hydrogen-bond donors (Lipinski definition) is 2. The predicted octanol–water partition coefficient (Wildman–Crippen LogP) is 1.96. The molecule has 1 aromatic rings.